The number of carbonyl (C=O) groups excluding carboxylic acids is 1. The maximum absolute atomic E-state index is 13.9. The Morgan fingerprint density at radius 1 is 1.03 bits per heavy atom. The molecule has 0 bridgehead atoms. The van der Waals surface area contributed by atoms with E-state index in [0.29, 0.717) is 21.4 Å². The third-order valence-corrected chi connectivity index (χ3v) is 6.35. The van der Waals surface area contributed by atoms with Crippen LogP contribution in [0.25, 0.3) is 11.3 Å². The van der Waals surface area contributed by atoms with Crippen LogP contribution in [0.1, 0.15) is 37.5 Å². The van der Waals surface area contributed by atoms with E-state index in [-0.39, 0.29) is 36.9 Å². The Morgan fingerprint density at radius 2 is 1.78 bits per heavy atom. The molecule has 1 N–H and O–H groups in total. The van der Waals surface area contributed by atoms with E-state index in [1.165, 1.54) is 18.3 Å². The van der Waals surface area contributed by atoms with Gasteiger partial charge in [0.15, 0.2) is 5.69 Å². The molecule has 36 heavy (non-hydrogen) atoms. The molecule has 0 saturated carbocycles. The first kappa shape index (κ1) is 23.8. The minimum atomic E-state index is -1.01. The van der Waals surface area contributed by atoms with Gasteiger partial charge in [0.25, 0.3) is 5.91 Å². The van der Waals surface area contributed by atoms with Gasteiger partial charge in [-0.2, -0.15) is 5.10 Å². The maximum Gasteiger partial charge on any atom is 0.335 e. The summed E-state index contributed by atoms with van der Waals surface area (Å²) in [6.07, 6.45) is 3.17. The molecule has 2 aromatic heterocycles. The van der Waals surface area contributed by atoms with Gasteiger partial charge in [-0.3, -0.25) is 14.5 Å². The Hall–Kier alpha value is -3.88. The van der Waals surface area contributed by atoms with E-state index in [9.17, 15) is 14.7 Å². The maximum atomic E-state index is 13.9. The van der Waals surface area contributed by atoms with E-state index in [2.05, 4.69) is 10.1 Å². The van der Waals surface area contributed by atoms with Crippen molar-refractivity contribution in [3.8, 4) is 17.0 Å². The number of benzene rings is 2. The molecule has 0 radical (unpaired) electrons. The number of pyridine rings is 1. The summed E-state index contributed by atoms with van der Waals surface area (Å²) in [5.41, 5.74) is 4.18. The van der Waals surface area contributed by atoms with Gasteiger partial charge in [-0.25, -0.2) is 4.79 Å². The van der Waals surface area contributed by atoms with Gasteiger partial charge in [0.1, 0.15) is 12.4 Å². The molecule has 4 aromatic rings. The smallest absolute Gasteiger partial charge is 0.335 e. The third-order valence-electron chi connectivity index (χ3n) is 5.91. The summed E-state index contributed by atoms with van der Waals surface area (Å²) < 4.78 is 7.58. The fourth-order valence-electron chi connectivity index (χ4n) is 4.26. The van der Waals surface area contributed by atoms with Gasteiger partial charge in [0.05, 0.1) is 16.3 Å². The molecule has 8 nitrogen and oxygen atoms in total. The van der Waals surface area contributed by atoms with E-state index in [1.54, 1.807) is 59.2 Å². The van der Waals surface area contributed by atoms with Gasteiger partial charge in [-0.05, 0) is 47.5 Å². The fourth-order valence-corrected chi connectivity index (χ4v) is 4.63. The summed E-state index contributed by atoms with van der Waals surface area (Å²) in [5.74, 6) is -0.641. The second-order valence-electron chi connectivity index (χ2n) is 8.40. The van der Waals surface area contributed by atoms with E-state index in [0.717, 1.165) is 22.4 Å². The number of amides is 1. The molecule has 1 aliphatic rings. The van der Waals surface area contributed by atoms with Crippen LogP contribution < -0.4 is 4.74 Å². The predicted octanol–water partition coefficient (Wildman–Crippen LogP) is 5.22. The van der Waals surface area contributed by atoms with Crippen LogP contribution in [0.5, 0.6) is 5.75 Å². The number of carboxylic acid groups (broad SMARTS) is 1. The molecule has 0 atom stereocenters. The fraction of sp³-hybridized carbons (Fsp3) is 0.154. The summed E-state index contributed by atoms with van der Waals surface area (Å²) in [6.45, 7) is 0.639. The molecule has 10 heteroatoms. The van der Waals surface area contributed by atoms with Crippen molar-refractivity contribution in [2.75, 3.05) is 0 Å². The molecule has 1 aliphatic heterocycles. The SMILES string of the molecule is Cn1nc(C(=O)N(Cc2ccc(C(=O)O)cc2)Cc2cncc(Cl)c2)c2c1-c1cc(Cl)ccc1OC2. The lowest BCUT2D eigenvalue weighted by molar-refractivity contribution is 0.0692. The number of rotatable bonds is 6. The summed E-state index contributed by atoms with van der Waals surface area (Å²) in [4.78, 5) is 30.9. The van der Waals surface area contributed by atoms with E-state index in [1.807, 2.05) is 0 Å². The van der Waals surface area contributed by atoms with Gasteiger partial charge in [-0.1, -0.05) is 35.3 Å². The molecule has 0 unspecified atom stereocenters. The minimum absolute atomic E-state index is 0.170. The number of hydrogen-bond acceptors (Lipinski definition) is 5. The summed E-state index contributed by atoms with van der Waals surface area (Å²) >= 11 is 12.4. The molecule has 2 aromatic carbocycles. The first-order chi connectivity index (χ1) is 17.3. The highest BCUT2D eigenvalue weighted by Gasteiger charge is 2.31. The molecule has 0 spiro atoms. The Morgan fingerprint density at radius 3 is 2.50 bits per heavy atom. The molecule has 3 heterocycles. The van der Waals surface area contributed by atoms with Crippen LogP contribution in [-0.4, -0.2) is 36.6 Å². The Bertz CT molecular complexity index is 1480. The number of carboxylic acids is 1. The topological polar surface area (TPSA) is 97.6 Å². The molecule has 0 aliphatic carbocycles. The zero-order chi connectivity index (χ0) is 25.4. The zero-order valence-corrected chi connectivity index (χ0v) is 20.6. The van der Waals surface area contributed by atoms with Crippen molar-refractivity contribution in [3.63, 3.8) is 0 Å². The van der Waals surface area contributed by atoms with Crippen LogP contribution in [-0.2, 0) is 26.7 Å². The van der Waals surface area contributed by atoms with E-state index in [4.69, 9.17) is 27.9 Å². The van der Waals surface area contributed by atoms with Gasteiger partial charge in [-0.15, -0.1) is 0 Å². The van der Waals surface area contributed by atoms with Crippen molar-refractivity contribution >= 4 is 35.1 Å². The van der Waals surface area contributed by atoms with Crippen molar-refractivity contribution in [2.24, 2.45) is 7.05 Å². The van der Waals surface area contributed by atoms with Gasteiger partial charge in [0.2, 0.25) is 0 Å². The van der Waals surface area contributed by atoms with Crippen LogP contribution in [0.3, 0.4) is 0 Å². The highest BCUT2D eigenvalue weighted by atomic mass is 35.5. The van der Waals surface area contributed by atoms with Crippen molar-refractivity contribution < 1.29 is 19.4 Å². The predicted molar refractivity (Wildman–Crippen MR) is 134 cm³/mol. The number of aryl methyl sites for hydroxylation is 1. The largest absolute Gasteiger partial charge is 0.488 e. The van der Waals surface area contributed by atoms with E-state index >= 15 is 0 Å². The monoisotopic (exact) mass is 522 g/mol. The Labute approximate surface area is 216 Å². The van der Waals surface area contributed by atoms with Crippen LogP contribution in [0.4, 0.5) is 0 Å². The van der Waals surface area contributed by atoms with Crippen molar-refractivity contribution in [3.05, 3.63) is 98.9 Å². The first-order valence-corrected chi connectivity index (χ1v) is 11.8. The standard InChI is InChI=1S/C26H20Cl2N4O4/c1-31-24-20-9-18(27)6-7-22(20)36-14-21(24)23(30-31)25(33)32(13-16-8-19(28)11-29-10-16)12-15-2-4-17(5-3-15)26(34)35/h2-11H,12-14H2,1H3,(H,34,35). The number of halogens is 2. The Kier molecular flexibility index (Phi) is 6.38. The number of nitrogens with zero attached hydrogens (tertiary/aromatic N) is 4. The average molecular weight is 523 g/mol. The highest BCUT2D eigenvalue weighted by Crippen LogP contribution is 2.40. The normalized spacial score (nSPS) is 11.9. The van der Waals surface area contributed by atoms with Crippen LogP contribution in [0, 0.1) is 0 Å². The zero-order valence-electron chi connectivity index (χ0n) is 19.1. The lowest BCUT2D eigenvalue weighted by Gasteiger charge is -2.24. The summed E-state index contributed by atoms with van der Waals surface area (Å²) in [7, 11) is 1.78. The summed E-state index contributed by atoms with van der Waals surface area (Å²) in [5, 5.41) is 14.8. The number of aromatic nitrogens is 3. The lowest BCUT2D eigenvalue weighted by atomic mass is 10.0. The number of aromatic carboxylic acids is 1. The van der Waals surface area contributed by atoms with Crippen LogP contribution in [0.2, 0.25) is 10.0 Å². The molecule has 0 saturated heterocycles. The first-order valence-electron chi connectivity index (χ1n) is 11.0. The van der Waals surface area contributed by atoms with Gasteiger partial charge < -0.3 is 14.7 Å². The molecular weight excluding hydrogens is 503 g/mol. The lowest BCUT2D eigenvalue weighted by Crippen LogP contribution is -2.31. The number of fused-ring (bicyclic) bond motifs is 3. The molecule has 1 amide bonds. The second-order valence-corrected chi connectivity index (χ2v) is 9.28. The van der Waals surface area contributed by atoms with Crippen molar-refractivity contribution in [1.82, 2.24) is 19.7 Å². The number of carbonyl (C=O) groups is 2. The van der Waals surface area contributed by atoms with E-state index < -0.39 is 5.97 Å². The molecule has 5 rings (SSSR count). The van der Waals surface area contributed by atoms with Gasteiger partial charge >= 0.3 is 5.97 Å². The molecule has 182 valence electrons. The quantitative estimate of drug-likeness (QED) is 0.372. The molecular formula is C26H20Cl2N4O4. The van der Waals surface area contributed by atoms with Crippen LogP contribution >= 0.6 is 23.2 Å². The Balaban J connectivity index is 1.52. The summed E-state index contributed by atoms with van der Waals surface area (Å²) in [6, 6.07) is 13.5. The average Bonchev–Trinajstić information content (AvgIpc) is 3.20. The third kappa shape index (κ3) is 4.65. The van der Waals surface area contributed by atoms with Crippen molar-refractivity contribution in [1.29, 1.82) is 0 Å². The number of hydrogen-bond donors (Lipinski definition) is 1. The number of ether oxygens (including phenoxy) is 1. The second kappa shape index (κ2) is 9.64. The minimum Gasteiger partial charge on any atom is -0.488 e. The van der Waals surface area contributed by atoms with Crippen LogP contribution in [0.15, 0.2) is 60.9 Å². The molecule has 0 fully saturated rings. The highest BCUT2D eigenvalue weighted by molar-refractivity contribution is 6.31. The van der Waals surface area contributed by atoms with Crippen molar-refractivity contribution in [2.45, 2.75) is 19.7 Å². The van der Waals surface area contributed by atoms with Gasteiger partial charge in [0, 0.05) is 48.7 Å².